The molecular formula is C14H13ClN6O2S. The van der Waals surface area contributed by atoms with Crippen LogP contribution in [0.3, 0.4) is 0 Å². The number of aromatic nitrogens is 3. The minimum absolute atomic E-state index is 0.0653. The molecule has 0 saturated heterocycles. The number of nitrogens with one attached hydrogen (secondary N) is 1. The van der Waals surface area contributed by atoms with Crippen LogP contribution >= 0.6 is 23.1 Å². The van der Waals surface area contributed by atoms with Gasteiger partial charge in [-0.25, -0.2) is 9.97 Å². The van der Waals surface area contributed by atoms with Gasteiger partial charge in [-0.1, -0.05) is 11.6 Å². The van der Waals surface area contributed by atoms with Gasteiger partial charge in [0, 0.05) is 19.0 Å². The molecule has 0 saturated carbocycles. The molecule has 1 aromatic carbocycles. The highest BCUT2D eigenvalue weighted by molar-refractivity contribution is 7.11. The largest absolute Gasteiger partial charge is 0.504 e. The molecule has 2 heterocycles. The van der Waals surface area contributed by atoms with Gasteiger partial charge in [0.05, 0.1) is 16.4 Å². The van der Waals surface area contributed by atoms with Crippen LogP contribution in [0.5, 0.6) is 5.75 Å². The van der Waals surface area contributed by atoms with Crippen molar-refractivity contribution in [3.8, 4) is 5.75 Å². The molecule has 3 aromatic rings. The molecule has 0 bridgehead atoms. The Labute approximate surface area is 146 Å². The highest BCUT2D eigenvalue weighted by Gasteiger charge is 2.10. The molecule has 0 radical (unpaired) electrons. The van der Waals surface area contributed by atoms with Crippen molar-refractivity contribution in [3.05, 3.63) is 29.5 Å². The molecule has 10 heteroatoms. The number of rotatable bonds is 6. The highest BCUT2D eigenvalue weighted by atomic mass is 35.5. The number of nitrogens with zero attached hydrogens (tertiary/aromatic N) is 5. The fourth-order valence-electron chi connectivity index (χ4n) is 1.85. The fraction of sp³-hybridized carbons (Fsp3) is 0.214. The first-order valence-electron chi connectivity index (χ1n) is 7.01. The Kier molecular flexibility index (Phi) is 5.14. The van der Waals surface area contributed by atoms with Crippen molar-refractivity contribution in [1.29, 1.82) is 0 Å². The Hall–Kier alpha value is -2.36. The summed E-state index contributed by atoms with van der Waals surface area (Å²) >= 11 is 7.18. The Morgan fingerprint density at radius 1 is 1.29 bits per heavy atom. The standard InChI is InChI=1S/C14H13ClN6O2S/c1-2-23-7-18-10-6-8(5-9(15)12(10)22)19-20-14-11-13(21-24-14)17-4-3-16-11/h3-6,18,22H,2,7H2,1H3. The summed E-state index contributed by atoms with van der Waals surface area (Å²) in [5.74, 6) is -0.0653. The van der Waals surface area contributed by atoms with Crippen LogP contribution in [-0.4, -0.2) is 32.8 Å². The van der Waals surface area contributed by atoms with Crippen molar-refractivity contribution in [3.63, 3.8) is 0 Å². The van der Waals surface area contributed by atoms with Crippen LogP contribution in [0.2, 0.25) is 5.02 Å². The van der Waals surface area contributed by atoms with Crippen LogP contribution in [0.1, 0.15) is 6.92 Å². The molecule has 0 spiro atoms. The number of hydrogen-bond donors (Lipinski definition) is 2. The van der Waals surface area contributed by atoms with E-state index in [4.69, 9.17) is 16.3 Å². The maximum atomic E-state index is 9.97. The maximum absolute atomic E-state index is 9.97. The summed E-state index contributed by atoms with van der Waals surface area (Å²) in [5.41, 5.74) is 2.01. The number of phenolic OH excluding ortho intramolecular Hbond substituents is 1. The number of azo groups is 1. The summed E-state index contributed by atoms with van der Waals surface area (Å²) in [5, 5.41) is 21.9. The van der Waals surface area contributed by atoms with Crippen molar-refractivity contribution in [2.24, 2.45) is 10.2 Å². The Morgan fingerprint density at radius 2 is 2.12 bits per heavy atom. The molecule has 0 aliphatic carbocycles. The predicted molar refractivity (Wildman–Crippen MR) is 92.6 cm³/mol. The highest BCUT2D eigenvalue weighted by Crippen LogP contribution is 2.37. The molecule has 0 fully saturated rings. The second-order valence-electron chi connectivity index (χ2n) is 4.55. The maximum Gasteiger partial charge on any atom is 0.193 e. The SMILES string of the molecule is CCOCNc1cc(N=Nc2snc3nccnc23)cc(Cl)c1O. The summed E-state index contributed by atoms with van der Waals surface area (Å²) < 4.78 is 9.35. The number of halogens is 1. The van der Waals surface area contributed by atoms with Gasteiger partial charge in [-0.05, 0) is 30.6 Å². The van der Waals surface area contributed by atoms with Crippen LogP contribution < -0.4 is 5.32 Å². The average molecular weight is 365 g/mol. The van der Waals surface area contributed by atoms with E-state index in [1.165, 1.54) is 6.07 Å². The molecule has 3 rings (SSSR count). The van der Waals surface area contributed by atoms with Gasteiger partial charge in [0.2, 0.25) is 0 Å². The van der Waals surface area contributed by atoms with Gasteiger partial charge in [-0.15, -0.1) is 10.2 Å². The second kappa shape index (κ2) is 7.47. The monoisotopic (exact) mass is 364 g/mol. The van der Waals surface area contributed by atoms with Crippen LogP contribution in [0, 0.1) is 0 Å². The summed E-state index contributed by atoms with van der Waals surface area (Å²) in [7, 11) is 0. The Balaban J connectivity index is 1.86. The summed E-state index contributed by atoms with van der Waals surface area (Å²) in [4.78, 5) is 8.28. The van der Waals surface area contributed by atoms with E-state index in [0.717, 1.165) is 11.5 Å². The first kappa shape index (κ1) is 16.5. The lowest BCUT2D eigenvalue weighted by molar-refractivity contribution is 0.166. The molecule has 124 valence electrons. The van der Waals surface area contributed by atoms with E-state index < -0.39 is 0 Å². The number of hydrogen-bond acceptors (Lipinski definition) is 9. The van der Waals surface area contributed by atoms with Crippen LogP contribution in [0.25, 0.3) is 11.2 Å². The van der Waals surface area contributed by atoms with Crippen molar-refractivity contribution in [2.75, 3.05) is 18.7 Å². The summed E-state index contributed by atoms with van der Waals surface area (Å²) in [6.07, 6.45) is 3.14. The average Bonchev–Trinajstić information content (AvgIpc) is 3.00. The molecule has 0 aliphatic rings. The molecule has 2 aromatic heterocycles. The third kappa shape index (κ3) is 3.58. The number of benzene rings is 1. The number of ether oxygens (including phenoxy) is 1. The van der Waals surface area contributed by atoms with Crippen molar-refractivity contribution < 1.29 is 9.84 Å². The fourth-order valence-corrected chi connectivity index (χ4v) is 2.68. The lowest BCUT2D eigenvalue weighted by Gasteiger charge is -2.10. The smallest absolute Gasteiger partial charge is 0.193 e. The molecule has 0 atom stereocenters. The third-order valence-electron chi connectivity index (χ3n) is 2.97. The lowest BCUT2D eigenvalue weighted by Crippen LogP contribution is -2.05. The zero-order chi connectivity index (χ0) is 16.9. The van der Waals surface area contributed by atoms with E-state index >= 15 is 0 Å². The van der Waals surface area contributed by atoms with Crippen molar-refractivity contribution in [2.45, 2.75) is 6.92 Å². The van der Waals surface area contributed by atoms with Gasteiger partial charge < -0.3 is 15.2 Å². The van der Waals surface area contributed by atoms with Gasteiger partial charge in [0.15, 0.2) is 16.4 Å². The minimum atomic E-state index is -0.0653. The Morgan fingerprint density at radius 3 is 2.96 bits per heavy atom. The number of phenols is 1. The van der Waals surface area contributed by atoms with Gasteiger partial charge in [-0.3, -0.25) is 0 Å². The van der Waals surface area contributed by atoms with E-state index in [-0.39, 0.29) is 17.5 Å². The van der Waals surface area contributed by atoms with E-state index in [1.54, 1.807) is 18.5 Å². The van der Waals surface area contributed by atoms with Crippen LogP contribution in [-0.2, 0) is 4.74 Å². The van der Waals surface area contributed by atoms with Gasteiger partial charge in [-0.2, -0.15) is 4.37 Å². The van der Waals surface area contributed by atoms with Crippen LogP contribution in [0.15, 0.2) is 34.8 Å². The molecular weight excluding hydrogens is 352 g/mol. The minimum Gasteiger partial charge on any atom is -0.504 e. The van der Waals surface area contributed by atoms with Crippen LogP contribution in [0.4, 0.5) is 16.4 Å². The van der Waals surface area contributed by atoms with Gasteiger partial charge in [0.25, 0.3) is 0 Å². The molecule has 0 unspecified atom stereocenters. The molecule has 8 nitrogen and oxygen atoms in total. The first-order valence-corrected chi connectivity index (χ1v) is 8.16. The summed E-state index contributed by atoms with van der Waals surface area (Å²) in [6.45, 7) is 2.68. The Bertz CT molecular complexity index is 885. The lowest BCUT2D eigenvalue weighted by atomic mass is 10.2. The topological polar surface area (TPSA) is 105 Å². The quantitative estimate of drug-likeness (QED) is 0.293. The zero-order valence-corrected chi connectivity index (χ0v) is 14.2. The van der Waals surface area contributed by atoms with Gasteiger partial charge in [0.1, 0.15) is 12.2 Å². The zero-order valence-electron chi connectivity index (χ0n) is 12.6. The molecule has 2 N–H and O–H groups in total. The third-order valence-corrected chi connectivity index (χ3v) is 3.97. The van der Waals surface area contributed by atoms with E-state index in [0.29, 0.717) is 34.1 Å². The first-order chi connectivity index (χ1) is 11.7. The predicted octanol–water partition coefficient (Wildman–Crippen LogP) is 4.27. The van der Waals surface area contributed by atoms with Gasteiger partial charge >= 0.3 is 0 Å². The number of aromatic hydroxyl groups is 1. The summed E-state index contributed by atoms with van der Waals surface area (Å²) in [6, 6.07) is 3.14. The number of fused-ring (bicyclic) bond motifs is 1. The van der Waals surface area contributed by atoms with E-state index in [2.05, 4.69) is 29.9 Å². The van der Waals surface area contributed by atoms with Crippen molar-refractivity contribution in [1.82, 2.24) is 14.3 Å². The second-order valence-corrected chi connectivity index (χ2v) is 5.71. The van der Waals surface area contributed by atoms with Crippen molar-refractivity contribution >= 4 is 50.7 Å². The normalized spacial score (nSPS) is 11.4. The molecule has 0 amide bonds. The molecule has 0 aliphatic heterocycles. The molecule has 24 heavy (non-hydrogen) atoms. The van der Waals surface area contributed by atoms with E-state index in [1.807, 2.05) is 6.92 Å². The number of anilines is 1. The van der Waals surface area contributed by atoms with E-state index in [9.17, 15) is 5.11 Å².